The van der Waals surface area contributed by atoms with Crippen molar-refractivity contribution in [3.05, 3.63) is 0 Å². The highest BCUT2D eigenvalue weighted by molar-refractivity contribution is 4.91. The number of hydrogen-bond acceptors (Lipinski definition) is 3. The highest BCUT2D eigenvalue weighted by Gasteiger charge is 2.32. The van der Waals surface area contributed by atoms with Crippen LogP contribution in [-0.4, -0.2) is 37.2 Å². The average Bonchev–Trinajstić information content (AvgIpc) is 2.68. The van der Waals surface area contributed by atoms with Crippen LogP contribution in [0.3, 0.4) is 0 Å². The number of nitriles is 1. The standard InChI is InChI=1S/C11H18N2O/c12-5-4-10-2-1-3-11(10)13-6-8-14-9-7-13/h10-11H,1-4,6-9H2/t10-,11+/m0/s1. The molecule has 78 valence electrons. The zero-order valence-electron chi connectivity index (χ0n) is 8.61. The van der Waals surface area contributed by atoms with Crippen LogP contribution in [0, 0.1) is 17.2 Å². The molecule has 2 atom stereocenters. The van der Waals surface area contributed by atoms with Gasteiger partial charge in [-0.3, -0.25) is 4.90 Å². The van der Waals surface area contributed by atoms with E-state index in [0.717, 1.165) is 32.7 Å². The van der Waals surface area contributed by atoms with E-state index in [4.69, 9.17) is 10.00 Å². The van der Waals surface area contributed by atoms with Crippen molar-refractivity contribution in [1.29, 1.82) is 5.26 Å². The molecule has 14 heavy (non-hydrogen) atoms. The monoisotopic (exact) mass is 194 g/mol. The van der Waals surface area contributed by atoms with Crippen molar-refractivity contribution < 1.29 is 4.74 Å². The van der Waals surface area contributed by atoms with Crippen LogP contribution < -0.4 is 0 Å². The molecule has 0 aromatic rings. The van der Waals surface area contributed by atoms with E-state index in [1.807, 2.05) is 0 Å². The maximum absolute atomic E-state index is 8.75. The first kappa shape index (κ1) is 9.95. The van der Waals surface area contributed by atoms with Crippen LogP contribution in [0.2, 0.25) is 0 Å². The fraction of sp³-hybridized carbons (Fsp3) is 0.909. The van der Waals surface area contributed by atoms with E-state index in [1.54, 1.807) is 0 Å². The number of rotatable bonds is 2. The van der Waals surface area contributed by atoms with Crippen molar-refractivity contribution >= 4 is 0 Å². The number of ether oxygens (including phenoxy) is 1. The molecule has 1 aliphatic heterocycles. The van der Waals surface area contributed by atoms with E-state index in [9.17, 15) is 0 Å². The van der Waals surface area contributed by atoms with Crippen LogP contribution in [-0.2, 0) is 4.74 Å². The lowest BCUT2D eigenvalue weighted by atomic mass is 9.99. The van der Waals surface area contributed by atoms with E-state index in [-0.39, 0.29) is 0 Å². The van der Waals surface area contributed by atoms with Crippen molar-refractivity contribution in [2.75, 3.05) is 26.3 Å². The Hall–Kier alpha value is -0.590. The molecule has 0 bridgehead atoms. The normalized spacial score (nSPS) is 34.2. The second-order valence-corrected chi connectivity index (χ2v) is 4.27. The lowest BCUT2D eigenvalue weighted by Gasteiger charge is -2.35. The Morgan fingerprint density at radius 3 is 2.79 bits per heavy atom. The lowest BCUT2D eigenvalue weighted by Crippen LogP contribution is -2.45. The molecule has 1 heterocycles. The lowest BCUT2D eigenvalue weighted by molar-refractivity contribution is 0.00864. The molecule has 3 nitrogen and oxygen atoms in total. The molecule has 1 saturated heterocycles. The highest BCUT2D eigenvalue weighted by atomic mass is 16.5. The van der Waals surface area contributed by atoms with Gasteiger partial charge >= 0.3 is 0 Å². The van der Waals surface area contributed by atoms with Crippen LogP contribution in [0.1, 0.15) is 25.7 Å². The second kappa shape index (κ2) is 4.77. The summed E-state index contributed by atoms with van der Waals surface area (Å²) in [7, 11) is 0. The number of morpholine rings is 1. The Kier molecular flexibility index (Phi) is 3.39. The second-order valence-electron chi connectivity index (χ2n) is 4.27. The maximum Gasteiger partial charge on any atom is 0.0625 e. The minimum atomic E-state index is 0.623. The molecule has 0 N–H and O–H groups in total. The SMILES string of the molecule is N#CC[C@@H]1CCC[C@H]1N1CCOCC1. The van der Waals surface area contributed by atoms with Gasteiger partial charge in [-0.15, -0.1) is 0 Å². The van der Waals surface area contributed by atoms with Crippen LogP contribution in [0.4, 0.5) is 0 Å². The first-order valence-electron chi connectivity index (χ1n) is 5.60. The summed E-state index contributed by atoms with van der Waals surface area (Å²) in [6.45, 7) is 3.87. The summed E-state index contributed by atoms with van der Waals surface area (Å²) in [6.07, 6.45) is 4.57. The molecule has 0 aromatic heterocycles. The van der Waals surface area contributed by atoms with Crippen LogP contribution >= 0.6 is 0 Å². The predicted molar refractivity (Wildman–Crippen MR) is 53.8 cm³/mol. The molecule has 2 aliphatic rings. The first-order chi connectivity index (χ1) is 6.92. The molecular formula is C11H18N2O. The summed E-state index contributed by atoms with van der Waals surface area (Å²) in [5, 5.41) is 8.75. The van der Waals surface area contributed by atoms with E-state index in [1.165, 1.54) is 19.3 Å². The molecule has 0 unspecified atom stereocenters. The molecule has 3 heteroatoms. The first-order valence-corrected chi connectivity index (χ1v) is 5.60. The molecule has 1 aliphatic carbocycles. The Balaban J connectivity index is 1.91. The van der Waals surface area contributed by atoms with E-state index < -0.39 is 0 Å². The van der Waals surface area contributed by atoms with Gasteiger partial charge in [0.1, 0.15) is 0 Å². The topological polar surface area (TPSA) is 36.3 Å². The summed E-state index contributed by atoms with van der Waals surface area (Å²) >= 11 is 0. The van der Waals surface area contributed by atoms with Gasteiger partial charge in [0.2, 0.25) is 0 Å². The fourth-order valence-corrected chi connectivity index (χ4v) is 2.76. The molecule has 0 aromatic carbocycles. The smallest absolute Gasteiger partial charge is 0.0625 e. The summed E-state index contributed by atoms with van der Waals surface area (Å²) < 4.78 is 5.35. The summed E-state index contributed by atoms with van der Waals surface area (Å²) in [6, 6.07) is 2.99. The molecule has 0 spiro atoms. The quantitative estimate of drug-likeness (QED) is 0.666. The van der Waals surface area contributed by atoms with Gasteiger partial charge in [-0.2, -0.15) is 5.26 Å². The van der Waals surface area contributed by atoms with Gasteiger partial charge < -0.3 is 4.74 Å². The minimum absolute atomic E-state index is 0.623. The third-order valence-electron chi connectivity index (χ3n) is 3.49. The van der Waals surface area contributed by atoms with Crippen LogP contribution in [0.5, 0.6) is 0 Å². The Bertz CT molecular complexity index is 218. The van der Waals surface area contributed by atoms with Gasteiger partial charge in [0.25, 0.3) is 0 Å². The van der Waals surface area contributed by atoms with Crippen molar-refractivity contribution in [1.82, 2.24) is 4.90 Å². The zero-order chi connectivity index (χ0) is 9.80. The molecule has 0 radical (unpaired) electrons. The van der Waals surface area contributed by atoms with Gasteiger partial charge in [-0.1, -0.05) is 6.42 Å². The Labute approximate surface area is 85.6 Å². The van der Waals surface area contributed by atoms with Gasteiger partial charge in [0.05, 0.1) is 19.3 Å². The van der Waals surface area contributed by atoms with Crippen molar-refractivity contribution in [2.45, 2.75) is 31.7 Å². The zero-order valence-corrected chi connectivity index (χ0v) is 8.61. The van der Waals surface area contributed by atoms with Crippen molar-refractivity contribution in [2.24, 2.45) is 5.92 Å². The third-order valence-corrected chi connectivity index (χ3v) is 3.49. The highest BCUT2D eigenvalue weighted by Crippen LogP contribution is 2.32. The van der Waals surface area contributed by atoms with Crippen molar-refractivity contribution in [3.63, 3.8) is 0 Å². The van der Waals surface area contributed by atoms with Crippen molar-refractivity contribution in [3.8, 4) is 6.07 Å². The summed E-state index contributed by atoms with van der Waals surface area (Å²) in [4.78, 5) is 2.53. The van der Waals surface area contributed by atoms with E-state index >= 15 is 0 Å². The molecule has 2 fully saturated rings. The number of hydrogen-bond donors (Lipinski definition) is 0. The fourth-order valence-electron chi connectivity index (χ4n) is 2.76. The van der Waals surface area contributed by atoms with Crippen LogP contribution in [0.25, 0.3) is 0 Å². The van der Waals surface area contributed by atoms with Gasteiger partial charge in [0, 0.05) is 25.6 Å². The predicted octanol–water partition coefficient (Wildman–Crippen LogP) is 1.40. The van der Waals surface area contributed by atoms with E-state index in [0.29, 0.717) is 12.0 Å². The Morgan fingerprint density at radius 1 is 1.29 bits per heavy atom. The Morgan fingerprint density at radius 2 is 2.07 bits per heavy atom. The van der Waals surface area contributed by atoms with Gasteiger partial charge in [-0.25, -0.2) is 0 Å². The third kappa shape index (κ3) is 2.08. The van der Waals surface area contributed by atoms with E-state index in [2.05, 4.69) is 11.0 Å². The molecule has 1 saturated carbocycles. The molecule has 0 amide bonds. The maximum atomic E-state index is 8.75. The van der Waals surface area contributed by atoms with Crippen LogP contribution in [0.15, 0.2) is 0 Å². The molecule has 2 rings (SSSR count). The summed E-state index contributed by atoms with van der Waals surface area (Å²) in [5.74, 6) is 0.623. The van der Waals surface area contributed by atoms with Gasteiger partial charge in [-0.05, 0) is 18.8 Å². The minimum Gasteiger partial charge on any atom is -0.379 e. The van der Waals surface area contributed by atoms with Gasteiger partial charge in [0.15, 0.2) is 0 Å². The average molecular weight is 194 g/mol. The number of nitrogens with zero attached hydrogens (tertiary/aromatic N) is 2. The molecular weight excluding hydrogens is 176 g/mol. The largest absolute Gasteiger partial charge is 0.379 e. The summed E-state index contributed by atoms with van der Waals surface area (Å²) in [5.41, 5.74) is 0.